The quantitative estimate of drug-likeness (QED) is 0.671. The third-order valence-electron chi connectivity index (χ3n) is 3.88. The molecule has 22 heavy (non-hydrogen) atoms. The maximum Gasteiger partial charge on any atom is 0.185 e. The molecule has 0 N–H and O–H groups in total. The average molecular weight is 309 g/mol. The zero-order chi connectivity index (χ0) is 15.5. The van der Waals surface area contributed by atoms with E-state index in [1.807, 2.05) is 36.4 Å². The van der Waals surface area contributed by atoms with Crippen LogP contribution in [0.15, 0.2) is 59.7 Å². The van der Waals surface area contributed by atoms with Crippen molar-refractivity contribution in [2.45, 2.75) is 19.8 Å². The number of hydrogen-bond acceptors (Lipinski definition) is 1. The SMILES string of the molecule is Cc1ccc(/C=C2/CC/C(=C/c3ccc(Cl)cc3)C2=O)cc1. The Morgan fingerprint density at radius 2 is 1.27 bits per heavy atom. The van der Waals surface area contributed by atoms with Gasteiger partial charge in [0.2, 0.25) is 0 Å². The van der Waals surface area contributed by atoms with E-state index in [2.05, 4.69) is 31.2 Å². The number of ketones is 1. The molecule has 3 rings (SSSR count). The summed E-state index contributed by atoms with van der Waals surface area (Å²) in [4.78, 5) is 12.5. The summed E-state index contributed by atoms with van der Waals surface area (Å²) >= 11 is 5.88. The number of Topliss-reactive ketones (excluding diaryl/α,β-unsaturated/α-hetero) is 1. The van der Waals surface area contributed by atoms with Crippen LogP contribution in [-0.2, 0) is 4.79 Å². The lowest BCUT2D eigenvalue weighted by Crippen LogP contribution is -1.95. The normalized spacial score (nSPS) is 18.4. The number of aryl methyl sites for hydroxylation is 1. The zero-order valence-electron chi connectivity index (χ0n) is 12.5. The maximum absolute atomic E-state index is 12.5. The van der Waals surface area contributed by atoms with Crippen molar-refractivity contribution in [3.8, 4) is 0 Å². The van der Waals surface area contributed by atoms with E-state index in [1.165, 1.54) is 5.56 Å². The van der Waals surface area contributed by atoms with Gasteiger partial charge in [-0.1, -0.05) is 53.6 Å². The third kappa shape index (κ3) is 3.37. The van der Waals surface area contributed by atoms with Crippen LogP contribution in [0.1, 0.15) is 29.5 Å². The Kier molecular flexibility index (Phi) is 4.26. The van der Waals surface area contributed by atoms with E-state index >= 15 is 0 Å². The smallest absolute Gasteiger partial charge is 0.185 e. The number of hydrogen-bond donors (Lipinski definition) is 0. The minimum Gasteiger partial charge on any atom is -0.289 e. The maximum atomic E-state index is 12.5. The third-order valence-corrected chi connectivity index (χ3v) is 4.13. The Hall–Kier alpha value is -2.12. The van der Waals surface area contributed by atoms with E-state index in [0.29, 0.717) is 5.02 Å². The molecule has 1 nitrogen and oxygen atoms in total. The van der Waals surface area contributed by atoms with E-state index in [4.69, 9.17) is 11.6 Å². The van der Waals surface area contributed by atoms with Crippen LogP contribution in [0.3, 0.4) is 0 Å². The van der Waals surface area contributed by atoms with Crippen molar-refractivity contribution in [1.82, 2.24) is 0 Å². The molecule has 0 bridgehead atoms. The predicted octanol–water partition coefficient (Wildman–Crippen LogP) is 5.48. The van der Waals surface area contributed by atoms with E-state index in [9.17, 15) is 4.79 Å². The van der Waals surface area contributed by atoms with Crippen molar-refractivity contribution in [2.24, 2.45) is 0 Å². The number of allylic oxidation sites excluding steroid dienone is 2. The van der Waals surface area contributed by atoms with Crippen molar-refractivity contribution in [2.75, 3.05) is 0 Å². The number of benzene rings is 2. The molecule has 110 valence electrons. The van der Waals surface area contributed by atoms with Crippen LogP contribution in [0, 0.1) is 6.92 Å². The molecule has 0 amide bonds. The molecule has 1 aliphatic rings. The Labute approximate surface area is 135 Å². The van der Waals surface area contributed by atoms with Gasteiger partial charge in [-0.05, 0) is 55.2 Å². The summed E-state index contributed by atoms with van der Waals surface area (Å²) in [5, 5.41) is 0.708. The van der Waals surface area contributed by atoms with E-state index in [-0.39, 0.29) is 5.78 Å². The van der Waals surface area contributed by atoms with E-state index < -0.39 is 0 Å². The van der Waals surface area contributed by atoms with Crippen LogP contribution in [-0.4, -0.2) is 5.78 Å². The average Bonchev–Trinajstić information content (AvgIpc) is 2.85. The van der Waals surface area contributed by atoms with Gasteiger partial charge in [-0.2, -0.15) is 0 Å². The highest BCUT2D eigenvalue weighted by Crippen LogP contribution is 2.29. The summed E-state index contributed by atoms with van der Waals surface area (Å²) in [5.41, 5.74) is 5.10. The van der Waals surface area contributed by atoms with Crippen molar-refractivity contribution < 1.29 is 4.79 Å². The molecule has 1 fully saturated rings. The monoisotopic (exact) mass is 308 g/mol. The molecule has 0 heterocycles. The van der Waals surface area contributed by atoms with Gasteiger partial charge in [0.05, 0.1) is 0 Å². The minimum atomic E-state index is 0.163. The van der Waals surface area contributed by atoms with Crippen molar-refractivity contribution in [3.63, 3.8) is 0 Å². The largest absolute Gasteiger partial charge is 0.289 e. The van der Waals surface area contributed by atoms with Crippen LogP contribution in [0.5, 0.6) is 0 Å². The molecule has 0 saturated heterocycles. The fourth-order valence-corrected chi connectivity index (χ4v) is 2.73. The summed E-state index contributed by atoms with van der Waals surface area (Å²) in [5.74, 6) is 0.163. The van der Waals surface area contributed by atoms with Gasteiger partial charge in [-0.25, -0.2) is 0 Å². The molecule has 0 spiro atoms. The Morgan fingerprint density at radius 1 is 0.818 bits per heavy atom. The lowest BCUT2D eigenvalue weighted by Gasteiger charge is -1.99. The van der Waals surface area contributed by atoms with Crippen molar-refractivity contribution in [1.29, 1.82) is 0 Å². The van der Waals surface area contributed by atoms with Gasteiger partial charge < -0.3 is 0 Å². The van der Waals surface area contributed by atoms with Gasteiger partial charge >= 0.3 is 0 Å². The minimum absolute atomic E-state index is 0.163. The first-order valence-electron chi connectivity index (χ1n) is 7.40. The molecule has 2 aromatic carbocycles. The van der Waals surface area contributed by atoms with Crippen LogP contribution >= 0.6 is 11.6 Å². The molecule has 0 aliphatic heterocycles. The highest BCUT2D eigenvalue weighted by atomic mass is 35.5. The Balaban J connectivity index is 1.82. The zero-order valence-corrected chi connectivity index (χ0v) is 13.2. The fraction of sp³-hybridized carbons (Fsp3) is 0.150. The highest BCUT2D eigenvalue weighted by Gasteiger charge is 2.22. The second-order valence-electron chi connectivity index (χ2n) is 5.63. The Morgan fingerprint density at radius 3 is 1.77 bits per heavy atom. The first-order valence-corrected chi connectivity index (χ1v) is 7.78. The highest BCUT2D eigenvalue weighted by molar-refractivity contribution is 6.30. The first kappa shape index (κ1) is 14.8. The molecule has 0 atom stereocenters. The molecule has 1 saturated carbocycles. The summed E-state index contributed by atoms with van der Waals surface area (Å²) in [6, 6.07) is 15.8. The number of rotatable bonds is 2. The standard InChI is InChI=1S/C20H17ClO/c1-14-2-4-15(5-3-14)12-17-8-9-18(20(17)22)13-16-6-10-19(21)11-7-16/h2-7,10-13H,8-9H2,1H3/b17-12-,18-13-. The second-order valence-corrected chi connectivity index (χ2v) is 6.07. The van der Waals surface area contributed by atoms with Crippen LogP contribution in [0.25, 0.3) is 12.2 Å². The lowest BCUT2D eigenvalue weighted by atomic mass is 10.1. The summed E-state index contributed by atoms with van der Waals surface area (Å²) in [6.45, 7) is 2.06. The van der Waals surface area contributed by atoms with Crippen LogP contribution in [0.2, 0.25) is 5.02 Å². The molecule has 2 heteroatoms. The topological polar surface area (TPSA) is 17.1 Å². The first-order chi connectivity index (χ1) is 10.6. The number of carbonyl (C=O) groups is 1. The predicted molar refractivity (Wildman–Crippen MR) is 92.8 cm³/mol. The van der Waals surface area contributed by atoms with Crippen molar-refractivity contribution >= 4 is 29.5 Å². The van der Waals surface area contributed by atoms with Gasteiger partial charge in [-0.15, -0.1) is 0 Å². The van der Waals surface area contributed by atoms with Gasteiger partial charge in [0.15, 0.2) is 5.78 Å². The summed E-state index contributed by atoms with van der Waals surface area (Å²) < 4.78 is 0. The van der Waals surface area contributed by atoms with Gasteiger partial charge in [0.25, 0.3) is 0 Å². The molecular weight excluding hydrogens is 292 g/mol. The van der Waals surface area contributed by atoms with E-state index in [0.717, 1.165) is 35.1 Å². The van der Waals surface area contributed by atoms with Gasteiger partial charge in [0.1, 0.15) is 0 Å². The van der Waals surface area contributed by atoms with Gasteiger partial charge in [0, 0.05) is 16.2 Å². The molecule has 2 aromatic rings. The molecule has 0 aromatic heterocycles. The van der Waals surface area contributed by atoms with E-state index in [1.54, 1.807) is 0 Å². The molecule has 0 radical (unpaired) electrons. The second kappa shape index (κ2) is 6.33. The molecular formula is C20H17ClO. The molecule has 1 aliphatic carbocycles. The molecule has 0 unspecified atom stereocenters. The summed E-state index contributed by atoms with van der Waals surface area (Å²) in [7, 11) is 0. The van der Waals surface area contributed by atoms with Crippen molar-refractivity contribution in [3.05, 3.63) is 81.4 Å². The lowest BCUT2D eigenvalue weighted by molar-refractivity contribution is -0.111. The Bertz CT molecular complexity index is 684. The number of halogens is 1. The fourth-order valence-electron chi connectivity index (χ4n) is 2.60. The number of carbonyl (C=O) groups excluding carboxylic acids is 1. The van der Waals surface area contributed by atoms with Crippen LogP contribution in [0.4, 0.5) is 0 Å². The van der Waals surface area contributed by atoms with Crippen LogP contribution < -0.4 is 0 Å². The summed E-state index contributed by atoms with van der Waals surface area (Å²) in [6.07, 6.45) is 5.59. The van der Waals surface area contributed by atoms with Gasteiger partial charge in [-0.3, -0.25) is 4.79 Å².